The summed E-state index contributed by atoms with van der Waals surface area (Å²) < 4.78 is 29.5. The molecule has 2 aromatic carbocycles. The molecule has 0 atom stereocenters. The highest BCUT2D eigenvalue weighted by Gasteiger charge is 2.16. The van der Waals surface area contributed by atoms with E-state index in [0.717, 1.165) is 11.8 Å². The summed E-state index contributed by atoms with van der Waals surface area (Å²) in [6, 6.07) is 11.0. The molecule has 3 aromatic rings. The Kier molecular flexibility index (Phi) is 5.93. The highest BCUT2D eigenvalue weighted by atomic mass is 35.5. The summed E-state index contributed by atoms with van der Waals surface area (Å²) in [4.78, 5) is 16.6. The van der Waals surface area contributed by atoms with Crippen LogP contribution in [-0.4, -0.2) is 30.8 Å². The first-order valence-electron chi connectivity index (χ1n) is 8.08. The summed E-state index contributed by atoms with van der Waals surface area (Å²) >= 11 is 6.95. The predicted octanol–water partition coefficient (Wildman–Crippen LogP) is 3.88. The number of nitrogens with one attached hydrogen (secondary N) is 1. The molecule has 0 spiro atoms. The van der Waals surface area contributed by atoms with Crippen molar-refractivity contribution in [3.8, 4) is 6.07 Å². The number of carbonyl (C=O) groups excluding carboxylic acids is 1. The molecular weight excluding hydrogens is 422 g/mol. The zero-order valence-electron chi connectivity index (χ0n) is 14.6. The van der Waals surface area contributed by atoms with Gasteiger partial charge >= 0.3 is 0 Å². The first-order chi connectivity index (χ1) is 13.3. The first kappa shape index (κ1) is 20.2. The lowest BCUT2D eigenvalue weighted by Crippen LogP contribution is -2.14. The highest BCUT2D eigenvalue weighted by Crippen LogP contribution is 2.26. The molecule has 0 bridgehead atoms. The third kappa shape index (κ3) is 4.47. The quantitative estimate of drug-likeness (QED) is 0.584. The van der Waals surface area contributed by atoms with Gasteiger partial charge in [-0.2, -0.15) is 5.26 Å². The van der Waals surface area contributed by atoms with Gasteiger partial charge in [-0.1, -0.05) is 30.3 Å². The normalized spacial score (nSPS) is 11.3. The van der Waals surface area contributed by atoms with Gasteiger partial charge in [0.2, 0.25) is 5.91 Å². The number of nitrogens with zero attached hydrogens (tertiary/aromatic N) is 2. The first-order valence-corrected chi connectivity index (χ1v) is 11.1. The third-order valence-corrected chi connectivity index (χ3v) is 6.58. The molecule has 0 aliphatic rings. The minimum absolute atomic E-state index is 0.00761. The number of hydrogen-bond acceptors (Lipinski definition) is 7. The van der Waals surface area contributed by atoms with Crippen LogP contribution in [0.4, 0.5) is 5.69 Å². The SMILES string of the molecule is CCS(=O)(=O)c1ccc2oc(SCC(=O)Nc3cc(Cl)ccc3C#N)nc2c1. The molecule has 1 heterocycles. The van der Waals surface area contributed by atoms with Gasteiger partial charge in [-0.3, -0.25) is 4.79 Å². The van der Waals surface area contributed by atoms with E-state index in [2.05, 4.69) is 10.3 Å². The zero-order chi connectivity index (χ0) is 20.3. The molecule has 0 aliphatic heterocycles. The Morgan fingerprint density at radius 1 is 1.32 bits per heavy atom. The number of aromatic nitrogens is 1. The standard InChI is InChI=1S/C18H14ClN3O4S2/c1-2-28(24,25)13-5-6-16-15(8-13)22-18(26-16)27-10-17(23)21-14-7-12(19)4-3-11(14)9-20/h3-8H,2,10H2,1H3,(H,21,23). The maximum absolute atomic E-state index is 12.2. The largest absolute Gasteiger partial charge is 0.431 e. The molecule has 7 nitrogen and oxygen atoms in total. The smallest absolute Gasteiger partial charge is 0.257 e. The number of rotatable bonds is 6. The van der Waals surface area contributed by atoms with Gasteiger partial charge < -0.3 is 9.73 Å². The molecular formula is C18H14ClN3O4S2. The van der Waals surface area contributed by atoms with E-state index < -0.39 is 9.84 Å². The molecule has 0 saturated heterocycles. The van der Waals surface area contributed by atoms with E-state index in [1.54, 1.807) is 19.1 Å². The molecule has 1 aromatic heterocycles. The Labute approximate surface area is 170 Å². The van der Waals surface area contributed by atoms with Gasteiger partial charge in [0.1, 0.15) is 11.6 Å². The van der Waals surface area contributed by atoms with Crippen LogP contribution in [0.25, 0.3) is 11.1 Å². The fraction of sp³-hybridized carbons (Fsp3) is 0.167. The number of benzene rings is 2. The van der Waals surface area contributed by atoms with Gasteiger partial charge in [0.05, 0.1) is 27.7 Å². The van der Waals surface area contributed by atoms with Crippen molar-refractivity contribution < 1.29 is 17.6 Å². The second-order valence-corrected chi connectivity index (χ2v) is 9.29. The number of nitriles is 1. The lowest BCUT2D eigenvalue weighted by atomic mass is 10.2. The maximum atomic E-state index is 12.2. The van der Waals surface area contributed by atoms with Crippen molar-refractivity contribution in [2.75, 3.05) is 16.8 Å². The molecule has 3 rings (SSSR count). The number of hydrogen-bond donors (Lipinski definition) is 1. The number of oxazole rings is 1. The predicted molar refractivity (Wildman–Crippen MR) is 107 cm³/mol. The van der Waals surface area contributed by atoms with Crippen LogP contribution in [0.1, 0.15) is 12.5 Å². The highest BCUT2D eigenvalue weighted by molar-refractivity contribution is 7.99. The number of sulfone groups is 1. The molecule has 0 radical (unpaired) electrons. The molecule has 0 aliphatic carbocycles. The van der Waals surface area contributed by atoms with Crippen LogP contribution >= 0.6 is 23.4 Å². The van der Waals surface area contributed by atoms with Crippen LogP contribution in [0, 0.1) is 11.3 Å². The van der Waals surface area contributed by atoms with Crippen LogP contribution < -0.4 is 5.32 Å². The van der Waals surface area contributed by atoms with Crippen molar-refractivity contribution >= 4 is 55.9 Å². The van der Waals surface area contributed by atoms with Crippen molar-refractivity contribution in [2.45, 2.75) is 17.0 Å². The van der Waals surface area contributed by atoms with Crippen LogP contribution in [0.2, 0.25) is 5.02 Å². The topological polar surface area (TPSA) is 113 Å². The minimum Gasteiger partial charge on any atom is -0.431 e. The number of carbonyl (C=O) groups is 1. The second kappa shape index (κ2) is 8.22. The number of thioether (sulfide) groups is 1. The Morgan fingerprint density at radius 2 is 2.11 bits per heavy atom. The summed E-state index contributed by atoms with van der Waals surface area (Å²) in [5.74, 6) is -0.378. The van der Waals surface area contributed by atoms with E-state index in [-0.39, 0.29) is 27.5 Å². The zero-order valence-corrected chi connectivity index (χ0v) is 17.0. The Morgan fingerprint density at radius 3 is 2.82 bits per heavy atom. The molecule has 0 fully saturated rings. The van der Waals surface area contributed by atoms with E-state index in [0.29, 0.717) is 27.4 Å². The van der Waals surface area contributed by atoms with Crippen molar-refractivity contribution in [3.05, 3.63) is 47.0 Å². The molecule has 28 heavy (non-hydrogen) atoms. The van der Waals surface area contributed by atoms with Crippen molar-refractivity contribution in [3.63, 3.8) is 0 Å². The number of amides is 1. The summed E-state index contributed by atoms with van der Waals surface area (Å²) in [5, 5.41) is 12.4. The van der Waals surface area contributed by atoms with Gasteiger partial charge in [-0.15, -0.1) is 0 Å². The summed E-state index contributed by atoms with van der Waals surface area (Å²) in [5.41, 5.74) is 1.46. The van der Waals surface area contributed by atoms with Crippen LogP contribution in [-0.2, 0) is 14.6 Å². The van der Waals surface area contributed by atoms with E-state index in [4.69, 9.17) is 21.3 Å². The maximum Gasteiger partial charge on any atom is 0.257 e. The number of anilines is 1. The summed E-state index contributed by atoms with van der Waals surface area (Å²) in [7, 11) is -3.34. The fourth-order valence-corrected chi connectivity index (χ4v) is 4.05. The fourth-order valence-electron chi connectivity index (χ4n) is 2.34. The van der Waals surface area contributed by atoms with Crippen molar-refractivity contribution in [1.29, 1.82) is 5.26 Å². The van der Waals surface area contributed by atoms with Gasteiger partial charge in [-0.25, -0.2) is 13.4 Å². The van der Waals surface area contributed by atoms with Crippen molar-refractivity contribution in [1.82, 2.24) is 4.98 Å². The van der Waals surface area contributed by atoms with Gasteiger partial charge in [-0.05, 0) is 36.4 Å². The molecule has 0 unspecified atom stereocenters. The average molecular weight is 436 g/mol. The van der Waals surface area contributed by atoms with E-state index in [9.17, 15) is 13.2 Å². The molecule has 1 N–H and O–H groups in total. The molecule has 144 valence electrons. The van der Waals surface area contributed by atoms with Gasteiger partial charge in [0.15, 0.2) is 15.4 Å². The molecule has 10 heteroatoms. The van der Waals surface area contributed by atoms with Crippen molar-refractivity contribution in [2.24, 2.45) is 0 Å². The minimum atomic E-state index is -3.34. The summed E-state index contributed by atoms with van der Waals surface area (Å²) in [6.07, 6.45) is 0. The lowest BCUT2D eigenvalue weighted by Gasteiger charge is -2.06. The van der Waals surface area contributed by atoms with Crippen LogP contribution in [0.3, 0.4) is 0 Å². The molecule has 0 saturated carbocycles. The van der Waals surface area contributed by atoms with Gasteiger partial charge in [0.25, 0.3) is 5.22 Å². The second-order valence-electron chi connectivity index (χ2n) is 5.65. The Balaban J connectivity index is 1.71. The third-order valence-electron chi connectivity index (χ3n) is 3.78. The molecule has 1 amide bonds. The number of halogens is 1. The lowest BCUT2D eigenvalue weighted by molar-refractivity contribution is -0.113. The summed E-state index contributed by atoms with van der Waals surface area (Å²) in [6.45, 7) is 1.57. The van der Waals surface area contributed by atoms with E-state index in [1.807, 2.05) is 6.07 Å². The van der Waals surface area contributed by atoms with E-state index >= 15 is 0 Å². The Bertz CT molecular complexity index is 1200. The van der Waals surface area contributed by atoms with E-state index in [1.165, 1.54) is 24.3 Å². The van der Waals surface area contributed by atoms with Crippen LogP contribution in [0.15, 0.2) is 50.9 Å². The monoisotopic (exact) mass is 435 g/mol. The van der Waals surface area contributed by atoms with Crippen LogP contribution in [0.5, 0.6) is 0 Å². The van der Waals surface area contributed by atoms with Gasteiger partial charge in [0, 0.05) is 5.02 Å². The number of fused-ring (bicyclic) bond motifs is 1. The average Bonchev–Trinajstić information content (AvgIpc) is 3.08. The Hall–Kier alpha value is -2.54.